The average molecular weight is 411 g/mol. The van der Waals surface area contributed by atoms with Crippen LogP contribution in [0.25, 0.3) is 0 Å². The molecule has 8 nitrogen and oxygen atoms in total. The molecule has 5 unspecified atom stereocenters. The normalized spacial score (nSPS) is 31.8. The summed E-state index contributed by atoms with van der Waals surface area (Å²) >= 11 is 0. The molecule has 0 bridgehead atoms. The third kappa shape index (κ3) is 4.23. The van der Waals surface area contributed by atoms with Gasteiger partial charge in [0.05, 0.1) is 17.9 Å². The van der Waals surface area contributed by atoms with Crippen molar-refractivity contribution >= 4 is 5.82 Å². The number of nitrogens with one attached hydrogen (secondary N) is 5. The molecule has 3 aliphatic rings. The summed E-state index contributed by atoms with van der Waals surface area (Å²) in [5.41, 5.74) is 9.43. The fraction of sp³-hybridized carbons (Fsp3) is 0.636. The molecule has 3 fully saturated rings. The van der Waals surface area contributed by atoms with E-state index >= 15 is 0 Å². The van der Waals surface area contributed by atoms with Gasteiger partial charge in [0.25, 0.3) is 0 Å². The lowest BCUT2D eigenvalue weighted by Crippen LogP contribution is -2.46. The van der Waals surface area contributed by atoms with E-state index in [-0.39, 0.29) is 6.04 Å². The van der Waals surface area contributed by atoms with Gasteiger partial charge in [-0.15, -0.1) is 0 Å². The van der Waals surface area contributed by atoms with Gasteiger partial charge < -0.3 is 16.0 Å². The maximum atomic E-state index is 5.01. The topological polar surface area (TPSA) is 90.9 Å². The van der Waals surface area contributed by atoms with Crippen LogP contribution in [0, 0.1) is 5.92 Å². The van der Waals surface area contributed by atoms with Gasteiger partial charge in [-0.05, 0) is 44.9 Å². The number of nitrogens with zero attached hydrogens (tertiary/aromatic N) is 3. The fourth-order valence-corrected chi connectivity index (χ4v) is 5.11. The van der Waals surface area contributed by atoms with Gasteiger partial charge in [-0.2, -0.15) is 5.10 Å². The van der Waals surface area contributed by atoms with E-state index in [0.717, 1.165) is 44.1 Å². The summed E-state index contributed by atoms with van der Waals surface area (Å²) in [6.45, 7) is 6.11. The summed E-state index contributed by atoms with van der Waals surface area (Å²) in [4.78, 5) is 5.01. The van der Waals surface area contributed by atoms with Gasteiger partial charge in [-0.25, -0.2) is 10.4 Å². The SMILES string of the molecule is CCn1cc(C2CC3C(CN2)NNC3c2cccc(NC3CCCCNC3)n2)cn1. The van der Waals surface area contributed by atoms with Gasteiger partial charge in [0.1, 0.15) is 5.82 Å². The highest BCUT2D eigenvalue weighted by molar-refractivity contribution is 5.38. The summed E-state index contributed by atoms with van der Waals surface area (Å²) in [5.74, 6) is 1.48. The molecule has 3 saturated heterocycles. The van der Waals surface area contributed by atoms with E-state index in [1.54, 1.807) is 0 Å². The molecule has 0 amide bonds. The van der Waals surface area contributed by atoms with Crippen molar-refractivity contribution in [3.05, 3.63) is 41.9 Å². The van der Waals surface area contributed by atoms with Crippen molar-refractivity contribution < 1.29 is 0 Å². The number of hydrogen-bond donors (Lipinski definition) is 5. The molecule has 5 heterocycles. The lowest BCUT2D eigenvalue weighted by Gasteiger charge is -2.33. The zero-order valence-electron chi connectivity index (χ0n) is 17.8. The van der Waals surface area contributed by atoms with Crippen LogP contribution in [-0.4, -0.2) is 46.5 Å². The third-order valence-electron chi connectivity index (χ3n) is 6.83. The molecule has 2 aromatic rings. The van der Waals surface area contributed by atoms with Crippen LogP contribution in [-0.2, 0) is 6.54 Å². The van der Waals surface area contributed by atoms with Gasteiger partial charge in [0.2, 0.25) is 0 Å². The zero-order chi connectivity index (χ0) is 20.3. The van der Waals surface area contributed by atoms with E-state index in [4.69, 9.17) is 4.98 Å². The van der Waals surface area contributed by atoms with Crippen molar-refractivity contribution in [2.45, 2.75) is 63.3 Å². The van der Waals surface area contributed by atoms with Gasteiger partial charge in [-0.3, -0.25) is 10.1 Å². The number of hydrazine groups is 1. The molecular formula is C22H34N8. The Morgan fingerprint density at radius 2 is 2.17 bits per heavy atom. The highest BCUT2D eigenvalue weighted by atomic mass is 15.4. The van der Waals surface area contributed by atoms with E-state index in [1.165, 1.54) is 24.8 Å². The van der Waals surface area contributed by atoms with E-state index in [0.29, 0.717) is 24.0 Å². The van der Waals surface area contributed by atoms with Crippen molar-refractivity contribution in [3.63, 3.8) is 0 Å². The molecule has 0 spiro atoms. The van der Waals surface area contributed by atoms with Gasteiger partial charge in [-0.1, -0.05) is 12.5 Å². The smallest absolute Gasteiger partial charge is 0.126 e. The Hall–Kier alpha value is -2.00. The quantitative estimate of drug-likeness (QED) is 0.513. The minimum absolute atomic E-state index is 0.217. The van der Waals surface area contributed by atoms with E-state index in [1.807, 2.05) is 10.9 Å². The summed E-state index contributed by atoms with van der Waals surface area (Å²) in [7, 11) is 0. The van der Waals surface area contributed by atoms with E-state index in [2.05, 4.69) is 63.2 Å². The van der Waals surface area contributed by atoms with E-state index < -0.39 is 0 Å². The highest BCUT2D eigenvalue weighted by Crippen LogP contribution is 2.38. The number of piperidine rings is 1. The Bertz CT molecular complexity index is 828. The van der Waals surface area contributed by atoms with Gasteiger partial charge >= 0.3 is 0 Å². The molecule has 5 rings (SSSR count). The van der Waals surface area contributed by atoms with Crippen LogP contribution in [0.1, 0.15) is 55.9 Å². The fourth-order valence-electron chi connectivity index (χ4n) is 5.11. The molecule has 5 N–H and O–H groups in total. The average Bonchev–Trinajstić information content (AvgIpc) is 3.35. The molecule has 5 atom stereocenters. The van der Waals surface area contributed by atoms with Crippen molar-refractivity contribution in [2.75, 3.05) is 25.0 Å². The molecule has 0 aromatic carbocycles. The van der Waals surface area contributed by atoms with Crippen LogP contribution < -0.4 is 26.8 Å². The Labute approximate surface area is 178 Å². The minimum Gasteiger partial charge on any atom is -0.366 e. The molecule has 0 aliphatic carbocycles. The minimum atomic E-state index is 0.217. The number of rotatable bonds is 5. The lowest BCUT2D eigenvalue weighted by molar-refractivity contribution is 0.265. The van der Waals surface area contributed by atoms with Crippen LogP contribution in [0.3, 0.4) is 0 Å². The second-order valence-corrected chi connectivity index (χ2v) is 8.85. The number of aryl methyl sites for hydroxylation is 1. The highest BCUT2D eigenvalue weighted by Gasteiger charge is 2.42. The van der Waals surface area contributed by atoms with Crippen molar-refractivity contribution in [1.29, 1.82) is 0 Å². The van der Waals surface area contributed by atoms with Gasteiger partial charge in [0, 0.05) is 55.4 Å². The second kappa shape index (κ2) is 9.01. The molecule has 0 radical (unpaired) electrons. The van der Waals surface area contributed by atoms with Crippen molar-refractivity contribution in [1.82, 2.24) is 36.2 Å². The van der Waals surface area contributed by atoms with Gasteiger partial charge in [0.15, 0.2) is 0 Å². The predicted octanol–water partition coefficient (Wildman–Crippen LogP) is 1.72. The summed E-state index contributed by atoms with van der Waals surface area (Å²) < 4.78 is 2.00. The number of anilines is 1. The molecule has 3 aliphatic heterocycles. The number of fused-ring (bicyclic) bond motifs is 1. The van der Waals surface area contributed by atoms with Crippen molar-refractivity contribution in [3.8, 4) is 0 Å². The molecular weight excluding hydrogens is 376 g/mol. The molecule has 30 heavy (non-hydrogen) atoms. The van der Waals surface area contributed by atoms with Crippen LogP contribution >= 0.6 is 0 Å². The first-order valence-corrected chi connectivity index (χ1v) is 11.5. The molecule has 162 valence electrons. The molecule has 8 heteroatoms. The first-order valence-electron chi connectivity index (χ1n) is 11.5. The standard InChI is InChI=1S/C22H34N8/c1-2-30-14-15(11-25-30)19-10-17-20(13-24-19)28-29-22(17)18-7-5-8-21(27-18)26-16-6-3-4-9-23-12-16/h5,7-8,11,14,16-17,19-20,22-24,28-29H,2-4,6,9-10,12-13H2,1H3,(H,26,27). The number of aromatic nitrogens is 3. The van der Waals surface area contributed by atoms with Crippen LogP contribution in [0.15, 0.2) is 30.6 Å². The zero-order valence-corrected chi connectivity index (χ0v) is 17.8. The van der Waals surface area contributed by atoms with Crippen LogP contribution in [0.2, 0.25) is 0 Å². The monoisotopic (exact) mass is 410 g/mol. The predicted molar refractivity (Wildman–Crippen MR) is 118 cm³/mol. The molecule has 2 aromatic heterocycles. The van der Waals surface area contributed by atoms with E-state index in [9.17, 15) is 0 Å². The Morgan fingerprint density at radius 3 is 3.07 bits per heavy atom. The molecule has 0 saturated carbocycles. The number of pyridine rings is 1. The first-order chi connectivity index (χ1) is 14.8. The maximum Gasteiger partial charge on any atom is 0.126 e. The van der Waals surface area contributed by atoms with Crippen molar-refractivity contribution in [2.24, 2.45) is 5.92 Å². The Balaban J connectivity index is 1.29. The Morgan fingerprint density at radius 1 is 1.20 bits per heavy atom. The lowest BCUT2D eigenvalue weighted by atomic mass is 9.82. The summed E-state index contributed by atoms with van der Waals surface area (Å²) in [6, 6.07) is 7.81. The maximum absolute atomic E-state index is 5.01. The van der Waals surface area contributed by atoms with Crippen LogP contribution in [0.5, 0.6) is 0 Å². The second-order valence-electron chi connectivity index (χ2n) is 8.85. The van der Waals surface area contributed by atoms with Crippen LogP contribution in [0.4, 0.5) is 5.82 Å². The number of hydrogen-bond acceptors (Lipinski definition) is 7. The Kier molecular flexibility index (Phi) is 5.99. The third-order valence-corrected chi connectivity index (χ3v) is 6.83. The first kappa shape index (κ1) is 19.9. The summed E-state index contributed by atoms with van der Waals surface area (Å²) in [6.07, 6.45) is 8.98. The largest absolute Gasteiger partial charge is 0.366 e. The summed E-state index contributed by atoms with van der Waals surface area (Å²) in [5, 5.41) is 15.3.